The summed E-state index contributed by atoms with van der Waals surface area (Å²) in [4.78, 5) is 29.4. The summed E-state index contributed by atoms with van der Waals surface area (Å²) in [6.45, 7) is 2.44. The van der Waals surface area contributed by atoms with Crippen LogP contribution in [-0.4, -0.2) is 48.2 Å². The van der Waals surface area contributed by atoms with Crippen LogP contribution in [0.3, 0.4) is 0 Å². The number of urea groups is 1. The van der Waals surface area contributed by atoms with Crippen LogP contribution in [0, 0.1) is 11.7 Å². The van der Waals surface area contributed by atoms with Crippen LogP contribution >= 0.6 is 0 Å². The summed E-state index contributed by atoms with van der Waals surface area (Å²) < 4.78 is 15.0. The van der Waals surface area contributed by atoms with Gasteiger partial charge in [0.05, 0.1) is 11.6 Å². The van der Waals surface area contributed by atoms with E-state index in [9.17, 15) is 14.0 Å². The van der Waals surface area contributed by atoms with Crippen LogP contribution in [0.15, 0.2) is 42.5 Å². The molecule has 2 aromatic carbocycles. The summed E-state index contributed by atoms with van der Waals surface area (Å²) in [6, 6.07) is 13.0. The largest absolute Gasteiger partial charge is 0.481 e. The summed E-state index contributed by atoms with van der Waals surface area (Å²) >= 11 is 0. The maximum atomic E-state index is 15.0. The Morgan fingerprint density at radius 1 is 1.00 bits per heavy atom. The first-order chi connectivity index (χ1) is 16.0. The average Bonchev–Trinajstić information content (AvgIpc) is 3.17. The van der Waals surface area contributed by atoms with Crippen molar-refractivity contribution in [2.24, 2.45) is 5.92 Å². The molecule has 0 aromatic heterocycles. The van der Waals surface area contributed by atoms with E-state index in [1.807, 2.05) is 23.1 Å². The number of carboxylic acids is 1. The van der Waals surface area contributed by atoms with Crippen molar-refractivity contribution in [3.8, 4) is 0 Å². The number of nitrogens with zero attached hydrogens (tertiary/aromatic N) is 3. The number of halogens is 1. The van der Waals surface area contributed by atoms with E-state index < -0.39 is 11.8 Å². The number of benzene rings is 2. The van der Waals surface area contributed by atoms with E-state index in [1.54, 1.807) is 11.0 Å². The Kier molecular flexibility index (Phi) is 6.06. The van der Waals surface area contributed by atoms with Crippen molar-refractivity contribution in [2.45, 2.75) is 44.6 Å². The van der Waals surface area contributed by atoms with Crippen molar-refractivity contribution in [1.82, 2.24) is 4.90 Å². The Balaban J connectivity index is 1.26. The fourth-order valence-corrected chi connectivity index (χ4v) is 5.36. The lowest BCUT2D eigenvalue weighted by Gasteiger charge is -2.36. The number of hydrogen-bond acceptors (Lipinski definition) is 3. The summed E-state index contributed by atoms with van der Waals surface area (Å²) in [5.74, 6) is -0.975. The van der Waals surface area contributed by atoms with E-state index in [0.29, 0.717) is 44.3 Å². The second kappa shape index (κ2) is 9.14. The molecule has 2 aliphatic heterocycles. The molecule has 2 aromatic rings. The molecule has 5 rings (SSSR count). The highest BCUT2D eigenvalue weighted by molar-refractivity contribution is 6.06. The van der Waals surface area contributed by atoms with Gasteiger partial charge in [-0.25, -0.2) is 9.18 Å². The van der Waals surface area contributed by atoms with Crippen LogP contribution in [-0.2, 0) is 11.3 Å². The molecule has 1 saturated carbocycles. The molecule has 0 radical (unpaired) electrons. The molecule has 2 amide bonds. The zero-order valence-corrected chi connectivity index (χ0v) is 18.8. The molecule has 0 bridgehead atoms. The van der Waals surface area contributed by atoms with Gasteiger partial charge in [0, 0.05) is 38.4 Å². The quantitative estimate of drug-likeness (QED) is 0.683. The Morgan fingerprint density at radius 2 is 1.76 bits per heavy atom. The molecule has 1 N–H and O–H groups in total. The molecule has 3 fully saturated rings. The highest BCUT2D eigenvalue weighted by Crippen LogP contribution is 2.35. The van der Waals surface area contributed by atoms with E-state index >= 15 is 0 Å². The molecule has 7 heteroatoms. The van der Waals surface area contributed by atoms with Gasteiger partial charge in [-0.15, -0.1) is 0 Å². The molecule has 0 unspecified atom stereocenters. The number of likely N-dealkylation sites (tertiary alicyclic amines) is 1. The second-order valence-electron chi connectivity index (χ2n) is 9.53. The minimum Gasteiger partial charge on any atom is -0.481 e. The maximum Gasteiger partial charge on any atom is 0.329 e. The number of hydrogen-bond donors (Lipinski definition) is 1. The van der Waals surface area contributed by atoms with Crippen LogP contribution in [0.2, 0.25) is 0 Å². The van der Waals surface area contributed by atoms with Crippen molar-refractivity contribution < 1.29 is 19.1 Å². The van der Waals surface area contributed by atoms with Gasteiger partial charge < -0.3 is 5.11 Å². The molecular formula is C26H30FN3O3. The van der Waals surface area contributed by atoms with Crippen molar-refractivity contribution in [3.05, 3.63) is 59.4 Å². The summed E-state index contributed by atoms with van der Waals surface area (Å²) in [6.07, 6.45) is 6.24. The van der Waals surface area contributed by atoms with Gasteiger partial charge in [0.1, 0.15) is 5.82 Å². The van der Waals surface area contributed by atoms with E-state index in [-0.39, 0.29) is 11.9 Å². The lowest BCUT2D eigenvalue weighted by atomic mass is 9.84. The molecule has 2 heterocycles. The predicted molar refractivity (Wildman–Crippen MR) is 125 cm³/mol. The van der Waals surface area contributed by atoms with Crippen LogP contribution in [0.1, 0.15) is 49.1 Å². The number of carbonyl (C=O) groups excluding carboxylic acids is 1. The number of anilines is 2. The first kappa shape index (κ1) is 21.9. The van der Waals surface area contributed by atoms with Gasteiger partial charge in [-0.05, 0) is 54.2 Å². The van der Waals surface area contributed by atoms with E-state index in [2.05, 4.69) is 12.1 Å². The normalized spacial score (nSPS) is 20.3. The first-order valence-corrected chi connectivity index (χ1v) is 11.9. The van der Waals surface area contributed by atoms with Crippen LogP contribution < -0.4 is 9.80 Å². The fourth-order valence-electron chi connectivity index (χ4n) is 5.36. The smallest absolute Gasteiger partial charge is 0.329 e. The molecule has 6 nitrogen and oxygen atoms in total. The van der Waals surface area contributed by atoms with Gasteiger partial charge in [-0.2, -0.15) is 0 Å². The number of carboxylic acid groups (broad SMARTS) is 1. The summed E-state index contributed by atoms with van der Waals surface area (Å²) in [7, 11) is 0. The monoisotopic (exact) mass is 451 g/mol. The molecular weight excluding hydrogens is 421 g/mol. The highest BCUT2D eigenvalue weighted by Gasteiger charge is 2.34. The van der Waals surface area contributed by atoms with Gasteiger partial charge in [0.25, 0.3) is 0 Å². The van der Waals surface area contributed by atoms with E-state index in [4.69, 9.17) is 5.11 Å². The average molecular weight is 452 g/mol. The van der Waals surface area contributed by atoms with E-state index in [0.717, 1.165) is 11.3 Å². The third-order valence-electron chi connectivity index (χ3n) is 7.28. The molecule has 174 valence electrons. The van der Waals surface area contributed by atoms with Crippen LogP contribution in [0.4, 0.5) is 20.6 Å². The standard InChI is InChI=1S/C26H30FN3O3/c27-23-13-18(15-28-16-21(17-28)25(31)32)9-10-24(23)30-12-11-29(26(30)33)22-8-4-7-20(14-22)19-5-2-1-3-6-19/h4,7-10,13-14,19,21H,1-3,5-6,11-12,15-17H2,(H,31,32). The number of rotatable bonds is 6. The molecule has 2 saturated heterocycles. The van der Waals surface area contributed by atoms with E-state index in [1.165, 1.54) is 48.6 Å². The third-order valence-corrected chi connectivity index (χ3v) is 7.28. The molecule has 0 atom stereocenters. The minimum atomic E-state index is -0.783. The molecule has 1 aliphatic carbocycles. The Morgan fingerprint density at radius 3 is 2.48 bits per heavy atom. The first-order valence-electron chi connectivity index (χ1n) is 11.9. The molecule has 0 spiro atoms. The Hall–Kier alpha value is -2.93. The van der Waals surface area contributed by atoms with Gasteiger partial charge in [0.2, 0.25) is 0 Å². The van der Waals surface area contributed by atoms with Gasteiger partial charge in [0.15, 0.2) is 0 Å². The summed E-state index contributed by atoms with van der Waals surface area (Å²) in [5.41, 5.74) is 3.25. The van der Waals surface area contributed by atoms with Crippen molar-refractivity contribution in [1.29, 1.82) is 0 Å². The third kappa shape index (κ3) is 4.47. The lowest BCUT2D eigenvalue weighted by molar-refractivity contribution is -0.147. The predicted octanol–water partition coefficient (Wildman–Crippen LogP) is 4.84. The van der Waals surface area contributed by atoms with Crippen LogP contribution in [0.25, 0.3) is 0 Å². The minimum absolute atomic E-state index is 0.200. The zero-order chi connectivity index (χ0) is 22.9. The Labute approximate surface area is 193 Å². The lowest BCUT2D eigenvalue weighted by Crippen LogP contribution is -2.49. The second-order valence-corrected chi connectivity index (χ2v) is 9.53. The SMILES string of the molecule is O=C(O)C1CN(Cc2ccc(N3CCN(c4cccc(C5CCCCC5)c4)C3=O)c(F)c2)C1. The number of carbonyl (C=O) groups is 2. The van der Waals surface area contributed by atoms with Crippen LogP contribution in [0.5, 0.6) is 0 Å². The van der Waals surface area contributed by atoms with Gasteiger partial charge in [-0.1, -0.05) is 37.5 Å². The van der Waals surface area contributed by atoms with Gasteiger partial charge in [-0.3, -0.25) is 19.5 Å². The van der Waals surface area contributed by atoms with Crippen molar-refractivity contribution >= 4 is 23.4 Å². The molecule has 33 heavy (non-hydrogen) atoms. The highest BCUT2D eigenvalue weighted by atomic mass is 19.1. The van der Waals surface area contributed by atoms with Crippen molar-refractivity contribution in [3.63, 3.8) is 0 Å². The number of amides is 2. The topological polar surface area (TPSA) is 64.1 Å². The molecule has 3 aliphatic rings. The van der Waals surface area contributed by atoms with Gasteiger partial charge >= 0.3 is 12.0 Å². The van der Waals surface area contributed by atoms with Crippen molar-refractivity contribution in [2.75, 3.05) is 36.0 Å². The maximum absolute atomic E-state index is 15.0. The zero-order valence-electron chi connectivity index (χ0n) is 18.8. The Bertz CT molecular complexity index is 1050. The fraction of sp³-hybridized carbons (Fsp3) is 0.462. The number of aliphatic carboxylic acids is 1. The summed E-state index contributed by atoms with van der Waals surface area (Å²) in [5, 5.41) is 9.00.